The third kappa shape index (κ3) is 9.97. The Labute approximate surface area is 126 Å². The second-order valence-corrected chi connectivity index (χ2v) is 4.47. The zero-order valence-corrected chi connectivity index (χ0v) is 12.6. The summed E-state index contributed by atoms with van der Waals surface area (Å²) in [4.78, 5) is 11.6. The first-order valence-electron chi connectivity index (χ1n) is 7.19. The number of hydrogen-bond acceptors (Lipinski definition) is 6. The van der Waals surface area contributed by atoms with Gasteiger partial charge in [0.15, 0.2) is 0 Å². The molecule has 3 N–H and O–H groups in total. The lowest BCUT2D eigenvalue weighted by Gasteiger charge is -2.07. The maximum absolute atomic E-state index is 11.6. The zero-order valence-electron chi connectivity index (χ0n) is 12.6. The van der Waals surface area contributed by atoms with Crippen molar-refractivity contribution in [3.8, 4) is 5.75 Å². The quantitative estimate of drug-likeness (QED) is 0.224. The fourth-order valence-corrected chi connectivity index (χ4v) is 1.64. The van der Waals surface area contributed by atoms with E-state index < -0.39 is 0 Å². The first-order valence-corrected chi connectivity index (χ1v) is 7.19. The van der Waals surface area contributed by atoms with Crippen molar-refractivity contribution in [2.75, 3.05) is 46.6 Å². The van der Waals surface area contributed by atoms with Crippen LogP contribution in [0.25, 0.3) is 0 Å². The Bertz CT molecular complexity index is 374. The summed E-state index contributed by atoms with van der Waals surface area (Å²) in [6, 6.07) is 9.11. The van der Waals surface area contributed by atoms with E-state index in [1.165, 1.54) is 0 Å². The number of carbonyl (C=O) groups excluding carboxylic acids is 1. The van der Waals surface area contributed by atoms with Gasteiger partial charge in [0.1, 0.15) is 5.75 Å². The van der Waals surface area contributed by atoms with Gasteiger partial charge in [-0.2, -0.15) is 0 Å². The normalized spacial score (nSPS) is 10.5. The second kappa shape index (κ2) is 12.3. The molecule has 0 heterocycles. The average molecular weight is 295 g/mol. The molecular weight excluding hydrogens is 270 g/mol. The van der Waals surface area contributed by atoms with E-state index in [-0.39, 0.29) is 5.97 Å². The molecule has 0 bridgehead atoms. The largest absolute Gasteiger partial charge is 0.426 e. The molecule has 6 heteroatoms. The number of benzene rings is 1. The third-order valence-electron chi connectivity index (χ3n) is 2.68. The van der Waals surface area contributed by atoms with Gasteiger partial charge in [0.25, 0.3) is 0 Å². The summed E-state index contributed by atoms with van der Waals surface area (Å²) in [6.45, 7) is 4.64. The first-order chi connectivity index (χ1) is 10.3. The van der Waals surface area contributed by atoms with E-state index in [2.05, 4.69) is 16.0 Å². The van der Waals surface area contributed by atoms with Crippen molar-refractivity contribution >= 4 is 5.97 Å². The van der Waals surface area contributed by atoms with Gasteiger partial charge in [0, 0.05) is 39.8 Å². The lowest BCUT2D eigenvalue weighted by atomic mass is 10.3. The van der Waals surface area contributed by atoms with E-state index in [1.807, 2.05) is 18.2 Å². The third-order valence-corrected chi connectivity index (χ3v) is 2.68. The van der Waals surface area contributed by atoms with Crippen LogP contribution in [-0.4, -0.2) is 52.5 Å². The van der Waals surface area contributed by atoms with Crippen LogP contribution in [0.1, 0.15) is 6.42 Å². The Morgan fingerprint density at radius 3 is 2.24 bits per heavy atom. The van der Waals surface area contributed by atoms with Crippen molar-refractivity contribution in [3.05, 3.63) is 30.3 Å². The van der Waals surface area contributed by atoms with Gasteiger partial charge in [-0.25, -0.2) is 0 Å². The molecule has 0 radical (unpaired) electrons. The van der Waals surface area contributed by atoms with E-state index in [0.29, 0.717) is 25.4 Å². The molecule has 6 nitrogen and oxygen atoms in total. The number of nitrogens with one attached hydrogen (secondary N) is 3. The molecule has 0 aromatic heterocycles. The second-order valence-electron chi connectivity index (χ2n) is 4.47. The van der Waals surface area contributed by atoms with Crippen LogP contribution >= 0.6 is 0 Å². The minimum absolute atomic E-state index is 0.217. The van der Waals surface area contributed by atoms with E-state index in [4.69, 9.17) is 9.47 Å². The Morgan fingerprint density at radius 2 is 1.57 bits per heavy atom. The lowest BCUT2D eigenvalue weighted by molar-refractivity contribution is -0.134. The van der Waals surface area contributed by atoms with E-state index in [9.17, 15) is 4.79 Å². The number of esters is 1. The Morgan fingerprint density at radius 1 is 0.952 bits per heavy atom. The molecule has 21 heavy (non-hydrogen) atoms. The van der Waals surface area contributed by atoms with Crippen LogP contribution in [-0.2, 0) is 9.53 Å². The first kappa shape index (κ1) is 17.6. The summed E-state index contributed by atoms with van der Waals surface area (Å²) in [5.74, 6) is 0.373. The Balaban J connectivity index is 1.89. The smallest absolute Gasteiger partial charge is 0.312 e. The van der Waals surface area contributed by atoms with Crippen LogP contribution in [0.2, 0.25) is 0 Å². The van der Waals surface area contributed by atoms with Crippen molar-refractivity contribution in [1.29, 1.82) is 0 Å². The summed E-state index contributed by atoms with van der Waals surface area (Å²) in [7, 11) is 1.66. The summed E-state index contributed by atoms with van der Waals surface area (Å²) in [6.07, 6.45) is 0.365. The van der Waals surface area contributed by atoms with Crippen LogP contribution < -0.4 is 20.7 Å². The molecule has 0 spiro atoms. The fourth-order valence-electron chi connectivity index (χ4n) is 1.64. The van der Waals surface area contributed by atoms with Crippen LogP contribution in [0.15, 0.2) is 30.3 Å². The van der Waals surface area contributed by atoms with Crippen LogP contribution in [0, 0.1) is 0 Å². The van der Waals surface area contributed by atoms with Crippen molar-refractivity contribution in [1.82, 2.24) is 16.0 Å². The molecular formula is C15H25N3O3. The van der Waals surface area contributed by atoms with Crippen LogP contribution in [0.4, 0.5) is 0 Å². The van der Waals surface area contributed by atoms with Gasteiger partial charge < -0.3 is 20.1 Å². The molecule has 0 aliphatic rings. The predicted octanol–water partition coefficient (Wildman–Crippen LogP) is 0.355. The van der Waals surface area contributed by atoms with Gasteiger partial charge in [0.2, 0.25) is 0 Å². The average Bonchev–Trinajstić information content (AvgIpc) is 2.50. The molecule has 1 rings (SSSR count). The van der Waals surface area contributed by atoms with Gasteiger partial charge >= 0.3 is 5.97 Å². The number of para-hydroxylation sites is 1. The number of carbonyl (C=O) groups is 1. The number of ether oxygens (including phenoxy) is 2. The molecule has 0 saturated carbocycles. The summed E-state index contributed by atoms with van der Waals surface area (Å²) < 4.78 is 10.1. The van der Waals surface area contributed by atoms with E-state index in [1.54, 1.807) is 19.2 Å². The highest BCUT2D eigenvalue weighted by molar-refractivity contribution is 5.72. The van der Waals surface area contributed by atoms with E-state index in [0.717, 1.165) is 26.2 Å². The topological polar surface area (TPSA) is 71.6 Å². The Hall–Kier alpha value is -1.47. The number of rotatable bonds is 12. The SMILES string of the molecule is COCNCCNCCNCCC(=O)Oc1ccccc1. The maximum atomic E-state index is 11.6. The summed E-state index contributed by atoms with van der Waals surface area (Å²) in [5.41, 5.74) is 0. The highest BCUT2D eigenvalue weighted by Crippen LogP contribution is 2.08. The molecule has 0 aliphatic carbocycles. The van der Waals surface area contributed by atoms with Gasteiger partial charge in [-0.1, -0.05) is 18.2 Å². The van der Waals surface area contributed by atoms with Crippen molar-refractivity contribution < 1.29 is 14.3 Å². The minimum atomic E-state index is -0.217. The van der Waals surface area contributed by atoms with Gasteiger partial charge in [-0.15, -0.1) is 0 Å². The van der Waals surface area contributed by atoms with Gasteiger partial charge in [-0.3, -0.25) is 10.1 Å². The maximum Gasteiger partial charge on any atom is 0.312 e. The standard InChI is InChI=1S/C15H25N3O3/c1-20-13-18-12-11-17-10-9-16-8-7-15(19)21-14-5-3-2-4-6-14/h2-6,16-18H,7-13H2,1H3. The van der Waals surface area contributed by atoms with Gasteiger partial charge in [-0.05, 0) is 12.1 Å². The summed E-state index contributed by atoms with van der Waals surface area (Å²) in [5, 5.41) is 9.58. The molecule has 0 unspecified atom stereocenters. The molecule has 1 aromatic carbocycles. The molecule has 1 aromatic rings. The van der Waals surface area contributed by atoms with Gasteiger partial charge in [0.05, 0.1) is 13.2 Å². The zero-order chi connectivity index (χ0) is 15.2. The minimum Gasteiger partial charge on any atom is -0.426 e. The van der Waals surface area contributed by atoms with E-state index >= 15 is 0 Å². The number of methoxy groups -OCH3 is 1. The van der Waals surface area contributed by atoms with Crippen molar-refractivity contribution in [2.24, 2.45) is 0 Å². The highest BCUT2D eigenvalue weighted by Gasteiger charge is 2.03. The summed E-state index contributed by atoms with van der Waals surface area (Å²) >= 11 is 0. The molecule has 0 atom stereocenters. The monoisotopic (exact) mass is 295 g/mol. The van der Waals surface area contributed by atoms with Crippen molar-refractivity contribution in [2.45, 2.75) is 6.42 Å². The van der Waals surface area contributed by atoms with Crippen LogP contribution in [0.5, 0.6) is 5.75 Å². The molecule has 0 amide bonds. The number of hydrogen-bond donors (Lipinski definition) is 3. The Kier molecular flexibility index (Phi) is 10.3. The predicted molar refractivity (Wildman–Crippen MR) is 82.3 cm³/mol. The van der Waals surface area contributed by atoms with Crippen LogP contribution in [0.3, 0.4) is 0 Å². The molecule has 0 fully saturated rings. The fraction of sp³-hybridized carbons (Fsp3) is 0.533. The lowest BCUT2D eigenvalue weighted by Crippen LogP contribution is -2.33. The van der Waals surface area contributed by atoms with Crippen molar-refractivity contribution in [3.63, 3.8) is 0 Å². The molecule has 0 saturated heterocycles. The highest BCUT2D eigenvalue weighted by atomic mass is 16.5. The molecule has 118 valence electrons. The molecule has 0 aliphatic heterocycles.